The minimum atomic E-state index is -4.38. The van der Waals surface area contributed by atoms with Crippen molar-refractivity contribution in [2.75, 3.05) is 47.5 Å². The Morgan fingerprint density at radius 3 is 1.41 bits per heavy atom. The van der Waals surface area contributed by atoms with Gasteiger partial charge in [-0.25, -0.2) is 4.57 Å². The number of esters is 2. The lowest BCUT2D eigenvalue weighted by molar-refractivity contribution is -0.870. The van der Waals surface area contributed by atoms with Crippen molar-refractivity contribution in [3.8, 4) is 0 Å². The highest BCUT2D eigenvalue weighted by Gasteiger charge is 2.27. The van der Waals surface area contributed by atoms with Gasteiger partial charge in [0.2, 0.25) is 0 Å². The third-order valence-electron chi connectivity index (χ3n) is 9.45. The molecular weight excluding hydrogens is 701 g/mol. The van der Waals surface area contributed by atoms with Gasteiger partial charge in [0.25, 0.3) is 0 Å². The summed E-state index contributed by atoms with van der Waals surface area (Å²) in [6, 6.07) is 0. The zero-order chi connectivity index (χ0) is 40.0. The van der Waals surface area contributed by atoms with Crippen LogP contribution in [0.1, 0.15) is 194 Å². The zero-order valence-electron chi connectivity index (χ0n) is 35.7. The molecule has 10 heteroatoms. The Bertz CT molecular complexity index is 980. The molecule has 0 aliphatic carbocycles. The number of hydrogen-bond acceptors (Lipinski definition) is 7. The maximum atomic E-state index is 12.7. The van der Waals surface area contributed by atoms with Crippen LogP contribution in [0.25, 0.3) is 0 Å². The van der Waals surface area contributed by atoms with Crippen LogP contribution in [0.2, 0.25) is 0 Å². The molecule has 0 saturated heterocycles. The third-order valence-corrected chi connectivity index (χ3v) is 10.4. The van der Waals surface area contributed by atoms with Crippen molar-refractivity contribution in [2.45, 2.75) is 200 Å². The molecule has 9 nitrogen and oxygen atoms in total. The van der Waals surface area contributed by atoms with Crippen molar-refractivity contribution in [2.24, 2.45) is 0 Å². The molecule has 0 aliphatic rings. The summed E-state index contributed by atoms with van der Waals surface area (Å²) in [5.74, 6) is -0.839. The second kappa shape index (κ2) is 37.1. The molecule has 0 spiro atoms. The Balaban J connectivity index is 4.40. The molecule has 54 heavy (non-hydrogen) atoms. The van der Waals surface area contributed by atoms with E-state index in [2.05, 4.69) is 38.2 Å². The molecular formula is C44H85NO8P+. The van der Waals surface area contributed by atoms with E-state index in [1.54, 1.807) is 0 Å². The topological polar surface area (TPSA) is 108 Å². The van der Waals surface area contributed by atoms with Crippen LogP contribution in [-0.2, 0) is 32.7 Å². The quantitative estimate of drug-likeness (QED) is 0.0215. The number of rotatable bonds is 40. The lowest BCUT2D eigenvalue weighted by atomic mass is 10.1. The fourth-order valence-electron chi connectivity index (χ4n) is 5.94. The molecule has 1 N–H and O–H groups in total. The van der Waals surface area contributed by atoms with Gasteiger partial charge >= 0.3 is 19.8 Å². The summed E-state index contributed by atoms with van der Waals surface area (Å²) in [7, 11) is 1.46. The first-order valence-corrected chi connectivity index (χ1v) is 23.6. The number of quaternary nitrogens is 1. The molecule has 0 heterocycles. The van der Waals surface area contributed by atoms with Gasteiger partial charge in [-0.15, -0.1) is 0 Å². The normalized spacial score (nSPS) is 13.8. The van der Waals surface area contributed by atoms with E-state index in [0.29, 0.717) is 23.9 Å². The summed E-state index contributed by atoms with van der Waals surface area (Å²) in [6.07, 6.45) is 39.4. The van der Waals surface area contributed by atoms with Gasteiger partial charge in [-0.05, 0) is 64.2 Å². The standard InChI is InChI=1S/C44H84NO8P/c1-6-8-10-12-14-16-18-20-22-24-26-28-30-32-34-36-43(46)50-40-42(41-52-54(48,49)51-39-38-45(3,4)5)53-44(47)37-35-33-31-29-27-25-23-21-19-17-15-13-11-9-7-2/h24,26-27,29,42H,6-23,25,28,30-41H2,1-5H3/p+1/b26-24+,29-27+/t42-/m1/s1. The summed E-state index contributed by atoms with van der Waals surface area (Å²) >= 11 is 0. The molecule has 0 aromatic rings. The monoisotopic (exact) mass is 787 g/mol. The molecule has 0 aromatic heterocycles. The highest BCUT2D eigenvalue weighted by Crippen LogP contribution is 2.43. The van der Waals surface area contributed by atoms with E-state index in [4.69, 9.17) is 18.5 Å². The number of ether oxygens (including phenoxy) is 2. The molecule has 0 aliphatic heterocycles. The molecule has 2 atom stereocenters. The summed E-state index contributed by atoms with van der Waals surface area (Å²) in [5.41, 5.74) is 0. The first-order chi connectivity index (χ1) is 26.0. The van der Waals surface area contributed by atoms with Gasteiger partial charge in [0, 0.05) is 12.8 Å². The van der Waals surface area contributed by atoms with Gasteiger partial charge in [0.05, 0.1) is 27.7 Å². The number of carbonyl (C=O) groups excluding carboxylic acids is 2. The molecule has 0 bridgehead atoms. The van der Waals surface area contributed by atoms with Crippen molar-refractivity contribution in [3.05, 3.63) is 24.3 Å². The SMILES string of the molecule is CCCCCCCCCC/C=C/CCCCCC(=O)OC[C@H](COP(=O)(O)OCC[N+](C)(C)C)OC(=O)CCCC/C=C/CCCCCCCCCCC. The number of phosphoric ester groups is 1. The van der Waals surface area contributed by atoms with Crippen LogP contribution in [-0.4, -0.2) is 74.9 Å². The van der Waals surface area contributed by atoms with Crippen molar-refractivity contribution < 1.29 is 42.1 Å². The molecule has 0 saturated carbocycles. The van der Waals surface area contributed by atoms with E-state index in [1.165, 1.54) is 109 Å². The first-order valence-electron chi connectivity index (χ1n) is 22.1. The zero-order valence-corrected chi connectivity index (χ0v) is 36.6. The van der Waals surface area contributed by atoms with Gasteiger partial charge in [0.15, 0.2) is 6.10 Å². The molecule has 318 valence electrons. The lowest BCUT2D eigenvalue weighted by Crippen LogP contribution is -2.37. The highest BCUT2D eigenvalue weighted by molar-refractivity contribution is 7.47. The second-order valence-electron chi connectivity index (χ2n) is 16.1. The Morgan fingerprint density at radius 1 is 0.556 bits per heavy atom. The third kappa shape index (κ3) is 40.2. The van der Waals surface area contributed by atoms with Gasteiger partial charge in [-0.3, -0.25) is 18.6 Å². The number of likely N-dealkylation sites (N-methyl/N-ethyl adjacent to an activating group) is 1. The molecule has 1 unspecified atom stereocenters. The van der Waals surface area contributed by atoms with Crippen LogP contribution in [0.4, 0.5) is 0 Å². The fourth-order valence-corrected chi connectivity index (χ4v) is 6.69. The Hall–Kier alpha value is -1.51. The smallest absolute Gasteiger partial charge is 0.462 e. The molecule has 0 radical (unpaired) electrons. The predicted molar refractivity (Wildman–Crippen MR) is 224 cm³/mol. The Labute approximate surface area is 332 Å². The lowest BCUT2D eigenvalue weighted by Gasteiger charge is -2.24. The Morgan fingerprint density at radius 2 is 0.944 bits per heavy atom. The van der Waals surface area contributed by atoms with Crippen molar-refractivity contribution in [3.63, 3.8) is 0 Å². The van der Waals surface area contributed by atoms with E-state index >= 15 is 0 Å². The number of phosphoric acid groups is 1. The maximum Gasteiger partial charge on any atom is 0.472 e. The van der Waals surface area contributed by atoms with Crippen LogP contribution in [0.5, 0.6) is 0 Å². The summed E-state index contributed by atoms with van der Waals surface area (Å²) in [4.78, 5) is 35.3. The van der Waals surface area contributed by atoms with Gasteiger partial charge in [-0.2, -0.15) is 0 Å². The summed E-state index contributed by atoms with van der Waals surface area (Å²) in [6.45, 7) is 4.39. The number of nitrogens with zero attached hydrogens (tertiary/aromatic N) is 1. The van der Waals surface area contributed by atoms with Crippen molar-refractivity contribution >= 4 is 19.8 Å². The number of hydrogen-bond donors (Lipinski definition) is 1. The average Bonchev–Trinajstić information content (AvgIpc) is 3.12. The molecule has 0 amide bonds. The van der Waals surface area contributed by atoms with Crippen LogP contribution in [0.15, 0.2) is 24.3 Å². The van der Waals surface area contributed by atoms with Crippen LogP contribution >= 0.6 is 7.82 Å². The van der Waals surface area contributed by atoms with Gasteiger partial charge in [0.1, 0.15) is 19.8 Å². The molecule has 0 fully saturated rings. The number of unbranched alkanes of at least 4 members (excludes halogenated alkanes) is 22. The Kier molecular flexibility index (Phi) is 36.1. The summed E-state index contributed by atoms with van der Waals surface area (Å²) in [5, 5.41) is 0. The van der Waals surface area contributed by atoms with Crippen LogP contribution in [0.3, 0.4) is 0 Å². The van der Waals surface area contributed by atoms with Gasteiger partial charge < -0.3 is 18.9 Å². The van der Waals surface area contributed by atoms with E-state index in [-0.39, 0.29) is 32.0 Å². The predicted octanol–water partition coefficient (Wildman–Crippen LogP) is 12.4. The van der Waals surface area contributed by atoms with Crippen LogP contribution < -0.4 is 0 Å². The van der Waals surface area contributed by atoms with Crippen LogP contribution in [0, 0.1) is 0 Å². The van der Waals surface area contributed by atoms with Crippen molar-refractivity contribution in [1.29, 1.82) is 0 Å². The van der Waals surface area contributed by atoms with E-state index in [9.17, 15) is 19.0 Å². The first kappa shape index (κ1) is 52.5. The number of carbonyl (C=O) groups is 2. The highest BCUT2D eigenvalue weighted by atomic mass is 31.2. The van der Waals surface area contributed by atoms with Gasteiger partial charge in [-0.1, -0.05) is 141 Å². The second-order valence-corrected chi connectivity index (χ2v) is 17.5. The summed E-state index contributed by atoms with van der Waals surface area (Å²) < 4.78 is 34.2. The van der Waals surface area contributed by atoms with Crippen molar-refractivity contribution in [1.82, 2.24) is 0 Å². The maximum absolute atomic E-state index is 12.7. The minimum absolute atomic E-state index is 0.0272. The van der Waals surface area contributed by atoms with E-state index in [0.717, 1.165) is 44.9 Å². The minimum Gasteiger partial charge on any atom is -0.462 e. The van der Waals surface area contributed by atoms with E-state index in [1.807, 2.05) is 21.1 Å². The fraction of sp³-hybridized carbons (Fsp3) is 0.864. The molecule has 0 aromatic carbocycles. The largest absolute Gasteiger partial charge is 0.472 e. The average molecular weight is 787 g/mol. The number of allylic oxidation sites excluding steroid dienone is 4. The van der Waals surface area contributed by atoms with E-state index < -0.39 is 26.5 Å². The molecule has 0 rings (SSSR count).